The zero-order valence-corrected chi connectivity index (χ0v) is 18.1. The first-order valence-electron chi connectivity index (χ1n) is 10.2. The van der Waals surface area contributed by atoms with Crippen LogP contribution in [0.5, 0.6) is 5.88 Å². The van der Waals surface area contributed by atoms with Gasteiger partial charge in [0.1, 0.15) is 11.1 Å². The minimum absolute atomic E-state index is 0.0278. The second-order valence-corrected chi connectivity index (χ2v) is 7.32. The van der Waals surface area contributed by atoms with E-state index in [1.807, 2.05) is 24.3 Å². The molecule has 33 heavy (non-hydrogen) atoms. The van der Waals surface area contributed by atoms with Gasteiger partial charge in [0.15, 0.2) is 0 Å². The van der Waals surface area contributed by atoms with Crippen LogP contribution >= 0.6 is 0 Å². The Labute approximate surface area is 190 Å². The van der Waals surface area contributed by atoms with E-state index in [-0.39, 0.29) is 22.6 Å². The molecule has 166 valence electrons. The molecule has 1 N–H and O–H groups in total. The number of rotatable bonds is 5. The Morgan fingerprint density at radius 3 is 2.00 bits per heavy atom. The highest BCUT2D eigenvalue weighted by molar-refractivity contribution is 6.29. The number of hydrazine groups is 1. The van der Waals surface area contributed by atoms with Crippen molar-refractivity contribution in [3.63, 3.8) is 0 Å². The Balaban J connectivity index is 1.55. The van der Waals surface area contributed by atoms with E-state index in [0.29, 0.717) is 11.4 Å². The third kappa shape index (κ3) is 3.89. The highest BCUT2D eigenvalue weighted by Gasteiger charge is 2.39. The molecule has 2 aromatic carbocycles. The first-order valence-corrected chi connectivity index (χ1v) is 10.2. The van der Waals surface area contributed by atoms with Gasteiger partial charge in [-0.05, 0) is 36.4 Å². The average molecular weight is 442 g/mol. The van der Waals surface area contributed by atoms with Gasteiger partial charge in [0, 0.05) is 14.1 Å². The number of benzene rings is 2. The van der Waals surface area contributed by atoms with Crippen LogP contribution in [-0.4, -0.2) is 38.3 Å². The van der Waals surface area contributed by atoms with E-state index in [1.54, 1.807) is 61.7 Å². The number of anilines is 1. The zero-order valence-electron chi connectivity index (χ0n) is 18.1. The molecule has 1 aliphatic rings. The summed E-state index contributed by atoms with van der Waals surface area (Å²) in [6, 6.07) is 17.9. The van der Waals surface area contributed by atoms with Crippen LogP contribution in [0, 0.1) is 0 Å². The summed E-state index contributed by atoms with van der Waals surface area (Å²) in [5.41, 5.74) is 1.04. The van der Waals surface area contributed by atoms with Gasteiger partial charge in [0.2, 0.25) is 5.88 Å². The predicted molar refractivity (Wildman–Crippen MR) is 126 cm³/mol. The van der Waals surface area contributed by atoms with E-state index in [4.69, 9.17) is 0 Å². The lowest BCUT2D eigenvalue weighted by molar-refractivity contribution is -0.124. The first kappa shape index (κ1) is 21.6. The lowest BCUT2D eigenvalue weighted by Crippen LogP contribution is -2.37. The number of hydrogen-bond acceptors (Lipinski definition) is 4. The number of hydrogen-bond donors (Lipinski definition) is 1. The normalized spacial score (nSPS) is 15.6. The number of carbonyl (C=O) groups is 2. The Bertz CT molecular complexity index is 1350. The third-order valence-corrected chi connectivity index (χ3v) is 5.26. The highest BCUT2D eigenvalue weighted by atomic mass is 16.3. The van der Waals surface area contributed by atoms with E-state index < -0.39 is 11.8 Å². The number of amides is 2. The molecule has 0 bridgehead atoms. The largest absolute Gasteiger partial charge is 0.493 e. The van der Waals surface area contributed by atoms with Gasteiger partial charge < -0.3 is 5.11 Å². The standard InChI is InChI=1S/C25H22N4O4/c1-26-22(30)20(24(32)28(26)18-12-6-3-7-13-18)16-10-5-11-17-21-23(31)27(2)29(25(21)33)19-14-8-4-9-15-19/h3-17,32H,1-2H3. The molecule has 4 rings (SSSR count). The third-order valence-electron chi connectivity index (χ3n) is 5.26. The van der Waals surface area contributed by atoms with Crippen molar-refractivity contribution in [2.24, 2.45) is 7.05 Å². The zero-order chi connectivity index (χ0) is 23.5. The number of likely N-dealkylation sites (N-methyl/N-ethyl adjacent to an activating group) is 1. The molecule has 0 atom stereocenters. The van der Waals surface area contributed by atoms with Crippen molar-refractivity contribution in [3.05, 3.63) is 106 Å². The molecule has 0 aliphatic carbocycles. The van der Waals surface area contributed by atoms with Gasteiger partial charge in [-0.1, -0.05) is 54.6 Å². The summed E-state index contributed by atoms with van der Waals surface area (Å²) >= 11 is 0. The van der Waals surface area contributed by atoms with Crippen molar-refractivity contribution in [2.75, 3.05) is 12.1 Å². The SMILES string of the molecule is CN1C(=O)C(=CC=CC=Cc2c(O)n(-c3ccccc3)n(C)c2=O)C(=O)N1c1ccccc1. The van der Waals surface area contributed by atoms with E-state index in [0.717, 1.165) is 0 Å². The molecule has 0 spiro atoms. The van der Waals surface area contributed by atoms with Gasteiger partial charge in [0.25, 0.3) is 17.4 Å². The van der Waals surface area contributed by atoms with Crippen molar-refractivity contribution < 1.29 is 14.7 Å². The molecule has 0 radical (unpaired) electrons. The summed E-state index contributed by atoms with van der Waals surface area (Å²) in [6.07, 6.45) is 7.59. The summed E-state index contributed by atoms with van der Waals surface area (Å²) in [5, 5.41) is 13.1. The monoisotopic (exact) mass is 442 g/mol. The minimum Gasteiger partial charge on any atom is -0.493 e. The number of carbonyl (C=O) groups excluding carboxylic acids is 2. The maximum absolute atomic E-state index is 12.7. The minimum atomic E-state index is -0.422. The van der Waals surface area contributed by atoms with Gasteiger partial charge in [0.05, 0.1) is 11.4 Å². The van der Waals surface area contributed by atoms with Crippen molar-refractivity contribution >= 4 is 23.6 Å². The quantitative estimate of drug-likeness (QED) is 0.374. The molecule has 0 unspecified atom stereocenters. The van der Waals surface area contributed by atoms with E-state index >= 15 is 0 Å². The molecule has 1 fully saturated rings. The van der Waals surface area contributed by atoms with Crippen LogP contribution in [0.2, 0.25) is 0 Å². The van der Waals surface area contributed by atoms with Gasteiger partial charge in [-0.3, -0.25) is 14.4 Å². The molecule has 8 nitrogen and oxygen atoms in total. The molecule has 1 saturated heterocycles. The second-order valence-electron chi connectivity index (χ2n) is 7.32. The number of aromatic hydroxyl groups is 1. The van der Waals surface area contributed by atoms with Crippen LogP contribution < -0.4 is 10.6 Å². The second kappa shape index (κ2) is 8.88. The Morgan fingerprint density at radius 1 is 0.758 bits per heavy atom. The smallest absolute Gasteiger partial charge is 0.282 e. The lowest BCUT2D eigenvalue weighted by Gasteiger charge is -2.22. The molecular weight excluding hydrogens is 420 g/mol. The maximum atomic E-state index is 12.7. The van der Waals surface area contributed by atoms with E-state index in [2.05, 4.69) is 0 Å². The first-order chi connectivity index (χ1) is 15.9. The summed E-state index contributed by atoms with van der Waals surface area (Å²) in [5.74, 6) is -1.02. The maximum Gasteiger partial charge on any atom is 0.282 e. The Morgan fingerprint density at radius 2 is 1.36 bits per heavy atom. The Kier molecular flexibility index (Phi) is 5.82. The molecule has 1 aliphatic heterocycles. The number of para-hydroxylation sites is 2. The molecule has 3 aromatic rings. The molecule has 8 heteroatoms. The molecule has 2 heterocycles. The summed E-state index contributed by atoms with van der Waals surface area (Å²) in [6.45, 7) is 0. The Hall–Kier alpha value is -4.59. The van der Waals surface area contributed by atoms with Gasteiger partial charge in [-0.15, -0.1) is 0 Å². The van der Waals surface area contributed by atoms with Crippen LogP contribution in [0.4, 0.5) is 5.69 Å². The number of allylic oxidation sites excluding steroid dienone is 4. The van der Waals surface area contributed by atoms with Crippen molar-refractivity contribution in [1.29, 1.82) is 0 Å². The number of aromatic nitrogens is 2. The molecule has 2 amide bonds. The van der Waals surface area contributed by atoms with Crippen molar-refractivity contribution in [1.82, 2.24) is 14.4 Å². The fourth-order valence-electron chi connectivity index (χ4n) is 3.60. The predicted octanol–water partition coefficient (Wildman–Crippen LogP) is 2.80. The van der Waals surface area contributed by atoms with E-state index in [9.17, 15) is 19.5 Å². The van der Waals surface area contributed by atoms with E-state index in [1.165, 1.54) is 38.6 Å². The molecule has 1 aromatic heterocycles. The van der Waals surface area contributed by atoms with Crippen molar-refractivity contribution in [3.8, 4) is 11.6 Å². The highest BCUT2D eigenvalue weighted by Crippen LogP contribution is 2.25. The summed E-state index contributed by atoms with van der Waals surface area (Å²) < 4.78 is 2.73. The molecular formula is C25H22N4O4. The van der Waals surface area contributed by atoms with Crippen LogP contribution in [0.25, 0.3) is 11.8 Å². The van der Waals surface area contributed by atoms with Gasteiger partial charge >= 0.3 is 0 Å². The topological polar surface area (TPSA) is 87.8 Å². The van der Waals surface area contributed by atoms with Gasteiger partial charge in [-0.25, -0.2) is 19.4 Å². The van der Waals surface area contributed by atoms with Crippen molar-refractivity contribution in [2.45, 2.75) is 0 Å². The lowest BCUT2D eigenvalue weighted by atomic mass is 10.2. The van der Waals surface area contributed by atoms with Gasteiger partial charge in [-0.2, -0.15) is 0 Å². The summed E-state index contributed by atoms with van der Waals surface area (Å²) in [7, 11) is 3.10. The number of nitrogens with zero attached hydrogens (tertiary/aromatic N) is 4. The fourth-order valence-corrected chi connectivity index (χ4v) is 3.60. The fraction of sp³-hybridized carbons (Fsp3) is 0.0800. The molecule has 0 saturated carbocycles. The van der Waals surface area contributed by atoms with Crippen LogP contribution in [0.1, 0.15) is 5.56 Å². The van der Waals surface area contributed by atoms with Crippen LogP contribution in [-0.2, 0) is 16.6 Å². The summed E-state index contributed by atoms with van der Waals surface area (Å²) in [4.78, 5) is 37.8. The van der Waals surface area contributed by atoms with Crippen LogP contribution in [0.15, 0.2) is 95.3 Å². The average Bonchev–Trinajstić information content (AvgIpc) is 3.17. The van der Waals surface area contributed by atoms with Crippen LogP contribution in [0.3, 0.4) is 0 Å².